The van der Waals surface area contributed by atoms with Crippen molar-refractivity contribution >= 4 is 16.6 Å². The number of rotatable bonds is 3. The van der Waals surface area contributed by atoms with E-state index >= 15 is 0 Å². The number of anilines is 1. The zero-order valence-corrected chi connectivity index (χ0v) is 14.3. The van der Waals surface area contributed by atoms with E-state index in [1.54, 1.807) is 17.0 Å². The summed E-state index contributed by atoms with van der Waals surface area (Å²) in [5, 5.41) is 1.07. The lowest BCUT2D eigenvalue weighted by atomic mass is 10.2. The molecule has 0 radical (unpaired) electrons. The summed E-state index contributed by atoms with van der Waals surface area (Å²) in [7, 11) is 1.84. The number of fused-ring (bicyclic) bond motifs is 1. The lowest BCUT2D eigenvalue weighted by molar-refractivity contribution is 0.244. The first kappa shape index (κ1) is 15.8. The van der Waals surface area contributed by atoms with E-state index in [2.05, 4.69) is 38.0 Å². The van der Waals surface area contributed by atoms with Gasteiger partial charge in [-0.05, 0) is 24.3 Å². The van der Waals surface area contributed by atoms with Gasteiger partial charge < -0.3 is 9.47 Å². The second-order valence-electron chi connectivity index (χ2n) is 6.44. The van der Waals surface area contributed by atoms with Crippen molar-refractivity contribution in [2.75, 3.05) is 31.1 Å². The van der Waals surface area contributed by atoms with Crippen LogP contribution < -0.4 is 10.5 Å². The van der Waals surface area contributed by atoms with Crippen molar-refractivity contribution < 1.29 is 0 Å². The number of benzene rings is 1. The zero-order valence-electron chi connectivity index (χ0n) is 14.3. The van der Waals surface area contributed by atoms with Gasteiger partial charge in [-0.2, -0.15) is 0 Å². The van der Waals surface area contributed by atoms with E-state index in [4.69, 9.17) is 0 Å². The lowest BCUT2D eigenvalue weighted by Crippen LogP contribution is -2.46. The highest BCUT2D eigenvalue weighted by Gasteiger charge is 2.18. The average molecular weight is 335 g/mol. The van der Waals surface area contributed by atoms with Crippen molar-refractivity contribution in [3.63, 3.8) is 0 Å². The van der Waals surface area contributed by atoms with E-state index in [-0.39, 0.29) is 5.56 Å². The van der Waals surface area contributed by atoms with Crippen LogP contribution in [0.2, 0.25) is 0 Å². The van der Waals surface area contributed by atoms with E-state index < -0.39 is 0 Å². The van der Waals surface area contributed by atoms with E-state index in [1.807, 2.05) is 25.4 Å². The molecule has 1 saturated heterocycles. The fourth-order valence-electron chi connectivity index (χ4n) is 3.33. The Morgan fingerprint density at radius 2 is 1.92 bits per heavy atom. The Hall–Kier alpha value is -2.73. The van der Waals surface area contributed by atoms with Gasteiger partial charge in [0.1, 0.15) is 6.33 Å². The molecular weight excluding hydrogens is 314 g/mol. The molecule has 128 valence electrons. The summed E-state index contributed by atoms with van der Waals surface area (Å²) in [5.74, 6) is 0. The molecule has 3 heterocycles. The molecule has 0 bridgehead atoms. The molecule has 3 aromatic rings. The Balaban J connectivity index is 1.43. The molecule has 4 rings (SSSR count). The Morgan fingerprint density at radius 3 is 2.76 bits per heavy atom. The number of nitrogens with zero attached hydrogens (tertiary/aromatic N) is 5. The molecule has 0 spiro atoms. The molecule has 1 fully saturated rings. The SMILES string of the molecule is Cn1c(CN2CCN(c3ccc4ncncc4c3)CC2)cccc1=O. The quantitative estimate of drug-likeness (QED) is 0.728. The van der Waals surface area contributed by atoms with Crippen LogP contribution in [0.5, 0.6) is 0 Å². The second-order valence-corrected chi connectivity index (χ2v) is 6.44. The molecule has 0 saturated carbocycles. The van der Waals surface area contributed by atoms with Crippen LogP contribution in [0.3, 0.4) is 0 Å². The summed E-state index contributed by atoms with van der Waals surface area (Å²) < 4.78 is 1.73. The molecule has 6 nitrogen and oxygen atoms in total. The largest absolute Gasteiger partial charge is 0.369 e. The number of hydrogen-bond donors (Lipinski definition) is 0. The van der Waals surface area contributed by atoms with Crippen LogP contribution >= 0.6 is 0 Å². The molecule has 6 heteroatoms. The van der Waals surface area contributed by atoms with Gasteiger partial charge in [0.2, 0.25) is 5.56 Å². The van der Waals surface area contributed by atoms with E-state index in [0.717, 1.165) is 49.3 Å². The van der Waals surface area contributed by atoms with E-state index in [9.17, 15) is 4.79 Å². The molecule has 0 N–H and O–H groups in total. The normalized spacial score (nSPS) is 15.6. The second kappa shape index (κ2) is 6.64. The lowest BCUT2D eigenvalue weighted by Gasteiger charge is -2.36. The summed E-state index contributed by atoms with van der Waals surface area (Å²) in [6.45, 7) is 4.71. The van der Waals surface area contributed by atoms with E-state index in [0.29, 0.717) is 0 Å². The molecule has 1 aliphatic rings. The van der Waals surface area contributed by atoms with Crippen LogP contribution in [0.4, 0.5) is 5.69 Å². The van der Waals surface area contributed by atoms with Crippen LogP contribution in [0.25, 0.3) is 10.9 Å². The Kier molecular flexibility index (Phi) is 4.19. The minimum absolute atomic E-state index is 0.0505. The molecule has 0 aliphatic carbocycles. The zero-order chi connectivity index (χ0) is 17.2. The van der Waals surface area contributed by atoms with E-state index in [1.165, 1.54) is 5.69 Å². The first-order valence-corrected chi connectivity index (χ1v) is 8.53. The topological polar surface area (TPSA) is 54.3 Å². The molecule has 2 aromatic heterocycles. The molecule has 25 heavy (non-hydrogen) atoms. The van der Waals surface area contributed by atoms with Gasteiger partial charge in [-0.15, -0.1) is 0 Å². The maximum atomic E-state index is 11.8. The van der Waals surface area contributed by atoms with Crippen LogP contribution in [0.15, 0.2) is 53.7 Å². The van der Waals surface area contributed by atoms with Gasteiger partial charge in [0.05, 0.1) is 5.52 Å². The number of aromatic nitrogens is 3. The van der Waals surface area contributed by atoms with Gasteiger partial charge >= 0.3 is 0 Å². The summed E-state index contributed by atoms with van der Waals surface area (Å²) in [4.78, 5) is 24.9. The van der Waals surface area contributed by atoms with Gasteiger partial charge in [-0.25, -0.2) is 9.97 Å². The smallest absolute Gasteiger partial charge is 0.250 e. The first-order valence-electron chi connectivity index (χ1n) is 8.53. The van der Waals surface area contributed by atoms with Crippen LogP contribution in [-0.4, -0.2) is 45.6 Å². The van der Waals surface area contributed by atoms with Crippen molar-refractivity contribution in [2.24, 2.45) is 7.05 Å². The minimum Gasteiger partial charge on any atom is -0.369 e. The third-order valence-corrected chi connectivity index (χ3v) is 4.90. The fourth-order valence-corrected chi connectivity index (χ4v) is 3.33. The van der Waals surface area contributed by atoms with Gasteiger partial charge in [0, 0.05) is 68.8 Å². The highest BCUT2D eigenvalue weighted by molar-refractivity contribution is 5.81. The predicted octanol–water partition coefficient (Wildman–Crippen LogP) is 1.65. The maximum absolute atomic E-state index is 11.8. The van der Waals surface area contributed by atoms with Crippen LogP contribution in [0, 0.1) is 0 Å². The summed E-state index contributed by atoms with van der Waals surface area (Å²) in [6.07, 6.45) is 3.44. The van der Waals surface area contributed by atoms with Crippen molar-refractivity contribution in [3.05, 3.63) is 65.0 Å². The Bertz CT molecular complexity index is 944. The molecule has 0 amide bonds. The van der Waals surface area contributed by atoms with Crippen molar-refractivity contribution in [3.8, 4) is 0 Å². The van der Waals surface area contributed by atoms with Gasteiger partial charge in [0.25, 0.3) is 0 Å². The fraction of sp³-hybridized carbons (Fsp3) is 0.316. The maximum Gasteiger partial charge on any atom is 0.250 e. The summed E-state index contributed by atoms with van der Waals surface area (Å²) >= 11 is 0. The third kappa shape index (κ3) is 3.25. The summed E-state index contributed by atoms with van der Waals surface area (Å²) in [6, 6.07) is 11.8. The Morgan fingerprint density at radius 1 is 1.08 bits per heavy atom. The molecule has 1 aliphatic heterocycles. The van der Waals surface area contributed by atoms with Crippen molar-refractivity contribution in [1.82, 2.24) is 19.4 Å². The Labute approximate surface area is 146 Å². The number of hydrogen-bond acceptors (Lipinski definition) is 5. The number of piperazine rings is 1. The molecule has 0 atom stereocenters. The monoisotopic (exact) mass is 335 g/mol. The first-order chi connectivity index (χ1) is 12.2. The van der Waals surface area contributed by atoms with Crippen molar-refractivity contribution in [2.45, 2.75) is 6.54 Å². The van der Waals surface area contributed by atoms with Crippen molar-refractivity contribution in [1.29, 1.82) is 0 Å². The standard InChI is InChI=1S/C19H21N5O/c1-22-17(3-2-4-19(22)25)13-23-7-9-24(10-8-23)16-5-6-18-15(11-16)12-20-14-21-18/h2-6,11-12,14H,7-10,13H2,1H3. The average Bonchev–Trinajstić information content (AvgIpc) is 2.66. The third-order valence-electron chi connectivity index (χ3n) is 4.90. The van der Waals surface area contributed by atoms with Gasteiger partial charge in [-0.3, -0.25) is 9.69 Å². The predicted molar refractivity (Wildman–Crippen MR) is 98.7 cm³/mol. The molecular formula is C19H21N5O. The highest BCUT2D eigenvalue weighted by atomic mass is 16.1. The van der Waals surface area contributed by atoms with Gasteiger partial charge in [-0.1, -0.05) is 6.07 Å². The van der Waals surface area contributed by atoms with Crippen LogP contribution in [0.1, 0.15) is 5.69 Å². The van der Waals surface area contributed by atoms with Gasteiger partial charge in [0.15, 0.2) is 0 Å². The number of pyridine rings is 1. The molecule has 0 unspecified atom stereocenters. The van der Waals surface area contributed by atoms with Crippen LogP contribution in [-0.2, 0) is 13.6 Å². The minimum atomic E-state index is 0.0505. The highest BCUT2D eigenvalue weighted by Crippen LogP contribution is 2.21. The summed E-state index contributed by atoms with van der Waals surface area (Å²) in [5.41, 5.74) is 3.30. The molecule has 1 aromatic carbocycles.